The van der Waals surface area contributed by atoms with Gasteiger partial charge in [-0.3, -0.25) is 9.80 Å². The van der Waals surface area contributed by atoms with Crippen LogP contribution in [0, 0.1) is 13.8 Å². The van der Waals surface area contributed by atoms with Gasteiger partial charge in [0.1, 0.15) is 0 Å². The van der Waals surface area contributed by atoms with Crippen LogP contribution in [0.5, 0.6) is 0 Å². The molecule has 6 nitrogen and oxygen atoms in total. The minimum absolute atomic E-state index is 0.00721. The van der Waals surface area contributed by atoms with Crippen LogP contribution in [0.2, 0.25) is 0 Å². The highest BCUT2D eigenvalue weighted by Crippen LogP contribution is 2.30. The number of benzene rings is 3. The first-order valence-electron chi connectivity index (χ1n) is 12.3. The van der Waals surface area contributed by atoms with E-state index in [0.717, 1.165) is 44.2 Å². The van der Waals surface area contributed by atoms with Crippen molar-refractivity contribution in [3.05, 3.63) is 113 Å². The van der Waals surface area contributed by atoms with E-state index in [0.29, 0.717) is 0 Å². The van der Waals surface area contributed by atoms with Gasteiger partial charge in [0.05, 0.1) is 11.7 Å². The molecular formula is C29H32N6. The van der Waals surface area contributed by atoms with Gasteiger partial charge in [-0.2, -0.15) is 4.68 Å². The average molecular weight is 465 g/mol. The Bertz CT molecular complexity index is 1240. The Kier molecular flexibility index (Phi) is 7.12. The molecule has 0 radical (unpaired) electrons. The summed E-state index contributed by atoms with van der Waals surface area (Å²) in [7, 11) is 0. The molecule has 1 saturated heterocycles. The van der Waals surface area contributed by atoms with E-state index in [1.54, 1.807) is 0 Å². The molecular weight excluding hydrogens is 432 g/mol. The van der Waals surface area contributed by atoms with Gasteiger partial charge in [0.2, 0.25) is 0 Å². The Hall–Kier alpha value is -3.61. The summed E-state index contributed by atoms with van der Waals surface area (Å²) in [5.74, 6) is 0.867. The summed E-state index contributed by atoms with van der Waals surface area (Å²) in [5, 5.41) is 13.1. The van der Waals surface area contributed by atoms with E-state index in [1.165, 1.54) is 22.3 Å². The number of hydrogen-bond donors (Lipinski definition) is 0. The molecule has 1 aromatic heterocycles. The molecule has 0 saturated carbocycles. The van der Waals surface area contributed by atoms with Gasteiger partial charge in [0.15, 0.2) is 5.82 Å². The minimum Gasteiger partial charge on any atom is -0.297 e. The van der Waals surface area contributed by atoms with Crippen molar-refractivity contribution in [1.82, 2.24) is 30.0 Å². The fourth-order valence-electron chi connectivity index (χ4n) is 4.93. The third-order valence-corrected chi connectivity index (χ3v) is 6.75. The van der Waals surface area contributed by atoms with Gasteiger partial charge in [-0.25, -0.2) is 0 Å². The number of nitrogens with zero attached hydrogens (tertiary/aromatic N) is 6. The Morgan fingerprint density at radius 2 is 1.46 bits per heavy atom. The lowest BCUT2D eigenvalue weighted by Gasteiger charge is -2.38. The van der Waals surface area contributed by atoms with Gasteiger partial charge in [-0.1, -0.05) is 91.0 Å². The molecule has 4 aromatic rings. The van der Waals surface area contributed by atoms with Crippen molar-refractivity contribution in [2.45, 2.75) is 19.9 Å². The van der Waals surface area contributed by atoms with Crippen LogP contribution in [-0.2, 0) is 0 Å². The molecule has 3 aromatic carbocycles. The Morgan fingerprint density at radius 1 is 0.800 bits per heavy atom. The highest BCUT2D eigenvalue weighted by atomic mass is 15.6. The van der Waals surface area contributed by atoms with Crippen LogP contribution in [0.4, 0.5) is 0 Å². The molecule has 1 aliphatic rings. The van der Waals surface area contributed by atoms with Crippen LogP contribution >= 0.6 is 0 Å². The topological polar surface area (TPSA) is 50.1 Å². The maximum atomic E-state index is 4.56. The van der Waals surface area contributed by atoms with Crippen molar-refractivity contribution in [1.29, 1.82) is 0 Å². The Morgan fingerprint density at radius 3 is 2.14 bits per heavy atom. The molecule has 5 rings (SSSR count). The zero-order chi connectivity index (χ0) is 24.0. The molecule has 2 heterocycles. The van der Waals surface area contributed by atoms with Crippen molar-refractivity contribution >= 4 is 6.08 Å². The van der Waals surface area contributed by atoms with Gasteiger partial charge in [0.25, 0.3) is 0 Å². The maximum absolute atomic E-state index is 4.56. The van der Waals surface area contributed by atoms with Crippen LogP contribution in [0.3, 0.4) is 0 Å². The van der Waals surface area contributed by atoms with Crippen molar-refractivity contribution in [2.24, 2.45) is 0 Å². The molecule has 0 bridgehead atoms. The summed E-state index contributed by atoms with van der Waals surface area (Å²) in [4.78, 5) is 5.02. The number of para-hydroxylation sites is 1. The smallest absolute Gasteiger partial charge is 0.178 e. The summed E-state index contributed by atoms with van der Waals surface area (Å²) in [5.41, 5.74) is 5.86. The molecule has 1 aliphatic heterocycles. The number of rotatable bonds is 7. The third-order valence-electron chi connectivity index (χ3n) is 6.75. The van der Waals surface area contributed by atoms with E-state index >= 15 is 0 Å². The highest BCUT2D eigenvalue weighted by molar-refractivity contribution is 5.49. The minimum atomic E-state index is -0.00721. The second-order valence-electron chi connectivity index (χ2n) is 9.15. The number of hydrogen-bond acceptors (Lipinski definition) is 5. The van der Waals surface area contributed by atoms with Crippen LogP contribution < -0.4 is 0 Å². The fourth-order valence-corrected chi connectivity index (χ4v) is 4.93. The average Bonchev–Trinajstić information content (AvgIpc) is 3.35. The van der Waals surface area contributed by atoms with E-state index in [-0.39, 0.29) is 6.04 Å². The van der Waals surface area contributed by atoms with Crippen molar-refractivity contribution in [2.75, 3.05) is 32.7 Å². The molecule has 6 heteroatoms. The van der Waals surface area contributed by atoms with Crippen LogP contribution in [-0.4, -0.2) is 62.7 Å². The monoisotopic (exact) mass is 464 g/mol. The first-order chi connectivity index (χ1) is 17.2. The van der Waals surface area contributed by atoms with Gasteiger partial charge in [0, 0.05) is 32.7 Å². The van der Waals surface area contributed by atoms with E-state index in [9.17, 15) is 0 Å². The van der Waals surface area contributed by atoms with Gasteiger partial charge < -0.3 is 0 Å². The summed E-state index contributed by atoms with van der Waals surface area (Å²) < 4.78 is 1.94. The molecule has 0 amide bonds. The molecule has 1 atom stereocenters. The normalized spacial score (nSPS) is 16.1. The Labute approximate surface area is 207 Å². The van der Waals surface area contributed by atoms with Gasteiger partial charge in [-0.05, 0) is 46.5 Å². The SMILES string of the molecule is Cc1cccc(C)c1-n1nnnc1[C@@H](c1ccccc1)N1CCN(C/C=C/c2ccccc2)CC1. The lowest BCUT2D eigenvalue weighted by Crippen LogP contribution is -2.48. The van der Waals surface area contributed by atoms with Crippen molar-refractivity contribution < 1.29 is 0 Å². The predicted octanol–water partition coefficient (Wildman–Crippen LogP) is 4.70. The highest BCUT2D eigenvalue weighted by Gasteiger charge is 2.31. The van der Waals surface area contributed by atoms with E-state index in [1.807, 2.05) is 4.68 Å². The van der Waals surface area contributed by atoms with E-state index in [2.05, 4.69) is 130 Å². The zero-order valence-electron chi connectivity index (χ0n) is 20.5. The first-order valence-corrected chi connectivity index (χ1v) is 12.3. The summed E-state index contributed by atoms with van der Waals surface area (Å²) in [6.07, 6.45) is 4.47. The molecule has 35 heavy (non-hydrogen) atoms. The van der Waals surface area contributed by atoms with Crippen LogP contribution in [0.25, 0.3) is 11.8 Å². The van der Waals surface area contributed by atoms with Crippen molar-refractivity contribution in [3.63, 3.8) is 0 Å². The molecule has 178 valence electrons. The number of aromatic nitrogens is 4. The first kappa shape index (κ1) is 23.1. The third kappa shape index (κ3) is 5.24. The second-order valence-corrected chi connectivity index (χ2v) is 9.15. The quantitative estimate of drug-likeness (QED) is 0.397. The number of tetrazole rings is 1. The second kappa shape index (κ2) is 10.8. The van der Waals surface area contributed by atoms with Crippen molar-refractivity contribution in [3.8, 4) is 5.69 Å². The van der Waals surface area contributed by atoms with E-state index in [4.69, 9.17) is 0 Å². The molecule has 0 spiro atoms. The Balaban J connectivity index is 1.37. The van der Waals surface area contributed by atoms with E-state index < -0.39 is 0 Å². The summed E-state index contributed by atoms with van der Waals surface area (Å²) >= 11 is 0. The maximum Gasteiger partial charge on any atom is 0.178 e. The largest absolute Gasteiger partial charge is 0.297 e. The standard InChI is InChI=1S/C29H32N6/c1-23-11-9-12-24(2)27(23)35-29(30-31-32-35)28(26-16-7-4-8-17-26)34-21-19-33(20-22-34)18-10-15-25-13-5-3-6-14-25/h3-17,28H,18-22H2,1-2H3/b15-10+/t28-/m1/s1. The molecule has 0 N–H and O–H groups in total. The lowest BCUT2D eigenvalue weighted by atomic mass is 10.0. The van der Waals surface area contributed by atoms with Gasteiger partial charge >= 0.3 is 0 Å². The fraction of sp³-hybridized carbons (Fsp3) is 0.276. The molecule has 1 fully saturated rings. The van der Waals surface area contributed by atoms with Crippen LogP contribution in [0.1, 0.15) is 34.1 Å². The summed E-state index contributed by atoms with van der Waals surface area (Å²) in [6.45, 7) is 9.12. The molecule has 0 unspecified atom stereocenters. The summed E-state index contributed by atoms with van der Waals surface area (Å²) in [6, 6.07) is 27.4. The predicted molar refractivity (Wildman–Crippen MR) is 140 cm³/mol. The lowest BCUT2D eigenvalue weighted by molar-refractivity contribution is 0.113. The zero-order valence-corrected chi connectivity index (χ0v) is 20.5. The molecule has 0 aliphatic carbocycles. The number of aryl methyl sites for hydroxylation is 2. The van der Waals surface area contributed by atoms with Crippen LogP contribution in [0.15, 0.2) is 84.9 Å². The number of piperazine rings is 1. The van der Waals surface area contributed by atoms with Gasteiger partial charge in [-0.15, -0.1) is 5.10 Å².